The van der Waals surface area contributed by atoms with Gasteiger partial charge in [0.05, 0.1) is 17.7 Å². The lowest BCUT2D eigenvalue weighted by molar-refractivity contribution is -0.117. The second-order valence-corrected chi connectivity index (χ2v) is 4.17. The Morgan fingerprint density at radius 2 is 2.20 bits per heavy atom. The largest absolute Gasteiger partial charge is 0.343 e. The predicted molar refractivity (Wildman–Crippen MR) is 73.1 cm³/mol. The molecule has 0 bridgehead atoms. The zero-order chi connectivity index (χ0) is 14.4. The monoisotopic (exact) mass is 267 g/mol. The van der Waals surface area contributed by atoms with Crippen molar-refractivity contribution in [1.29, 1.82) is 5.26 Å². The fraction of sp³-hybridized carbons (Fsp3) is 0.143. The van der Waals surface area contributed by atoms with Gasteiger partial charge in [-0.1, -0.05) is 12.1 Å². The van der Waals surface area contributed by atoms with Crippen LogP contribution >= 0.6 is 0 Å². The fourth-order valence-corrected chi connectivity index (χ4v) is 1.59. The number of H-pyrrole nitrogens is 1. The van der Waals surface area contributed by atoms with Crippen LogP contribution in [-0.2, 0) is 4.79 Å². The summed E-state index contributed by atoms with van der Waals surface area (Å²) >= 11 is 0. The van der Waals surface area contributed by atoms with Crippen molar-refractivity contribution in [3.63, 3.8) is 0 Å². The van der Waals surface area contributed by atoms with Crippen LogP contribution in [0.15, 0.2) is 36.7 Å². The molecule has 6 heteroatoms. The quantitative estimate of drug-likeness (QED) is 0.822. The van der Waals surface area contributed by atoms with Gasteiger partial charge < -0.3 is 5.32 Å². The Balaban J connectivity index is 1.93. The van der Waals surface area contributed by atoms with Gasteiger partial charge in [0, 0.05) is 6.08 Å². The summed E-state index contributed by atoms with van der Waals surface area (Å²) < 4.78 is 0. The third kappa shape index (κ3) is 3.53. The molecule has 0 saturated heterocycles. The van der Waals surface area contributed by atoms with Crippen LogP contribution < -0.4 is 5.32 Å². The lowest BCUT2D eigenvalue weighted by Crippen LogP contribution is -2.25. The molecule has 1 amide bonds. The number of benzene rings is 1. The third-order valence-electron chi connectivity index (χ3n) is 2.67. The standard InChI is InChI=1S/C14H13N5O/c1-10(14-16-9-17-19-14)18-13(20)7-6-11-2-4-12(8-15)5-3-11/h2-7,9-10H,1H3,(H,18,20)(H,16,17,19)/b7-6+. The van der Waals surface area contributed by atoms with Gasteiger partial charge in [0.15, 0.2) is 0 Å². The average Bonchev–Trinajstić information content (AvgIpc) is 3.00. The summed E-state index contributed by atoms with van der Waals surface area (Å²) in [6.07, 6.45) is 4.52. The highest BCUT2D eigenvalue weighted by atomic mass is 16.1. The number of carbonyl (C=O) groups is 1. The Kier molecular flexibility index (Phi) is 4.24. The number of hydrogen-bond acceptors (Lipinski definition) is 4. The molecule has 6 nitrogen and oxygen atoms in total. The first-order chi connectivity index (χ1) is 9.69. The molecule has 0 aliphatic heterocycles. The van der Waals surface area contributed by atoms with Crippen molar-refractivity contribution in [3.8, 4) is 6.07 Å². The van der Waals surface area contributed by atoms with Crippen LogP contribution in [0.25, 0.3) is 6.08 Å². The fourth-order valence-electron chi connectivity index (χ4n) is 1.59. The first-order valence-electron chi connectivity index (χ1n) is 6.03. The molecule has 1 aromatic carbocycles. The van der Waals surface area contributed by atoms with Gasteiger partial charge in [-0.05, 0) is 30.7 Å². The number of aromatic nitrogens is 3. The van der Waals surface area contributed by atoms with E-state index in [1.807, 2.05) is 13.0 Å². The molecule has 1 heterocycles. The van der Waals surface area contributed by atoms with E-state index in [1.54, 1.807) is 30.3 Å². The van der Waals surface area contributed by atoms with Gasteiger partial charge in [0.1, 0.15) is 12.2 Å². The zero-order valence-electron chi connectivity index (χ0n) is 10.9. The topological polar surface area (TPSA) is 94.5 Å². The second kappa shape index (κ2) is 6.29. The van der Waals surface area contributed by atoms with E-state index in [9.17, 15) is 4.79 Å². The van der Waals surface area contributed by atoms with Crippen LogP contribution in [0.3, 0.4) is 0 Å². The van der Waals surface area contributed by atoms with Crippen molar-refractivity contribution in [3.05, 3.63) is 53.6 Å². The maximum Gasteiger partial charge on any atom is 0.244 e. The lowest BCUT2D eigenvalue weighted by atomic mass is 10.1. The molecule has 0 aliphatic carbocycles. The van der Waals surface area contributed by atoms with E-state index in [-0.39, 0.29) is 11.9 Å². The van der Waals surface area contributed by atoms with Crippen LogP contribution in [0.1, 0.15) is 29.9 Å². The van der Waals surface area contributed by atoms with E-state index in [0.29, 0.717) is 11.4 Å². The summed E-state index contributed by atoms with van der Waals surface area (Å²) in [4.78, 5) is 15.7. The van der Waals surface area contributed by atoms with Crippen molar-refractivity contribution >= 4 is 12.0 Å². The van der Waals surface area contributed by atoms with E-state index in [1.165, 1.54) is 12.4 Å². The normalized spacial score (nSPS) is 12.0. The molecule has 0 radical (unpaired) electrons. The first-order valence-corrected chi connectivity index (χ1v) is 6.03. The van der Waals surface area contributed by atoms with Crippen LogP contribution in [0.2, 0.25) is 0 Å². The molecule has 2 rings (SSSR count). The second-order valence-electron chi connectivity index (χ2n) is 4.17. The minimum absolute atomic E-state index is 0.224. The molecule has 20 heavy (non-hydrogen) atoms. The molecule has 0 aliphatic rings. The Hall–Kier alpha value is -2.94. The van der Waals surface area contributed by atoms with Gasteiger partial charge in [-0.15, -0.1) is 0 Å². The SMILES string of the molecule is CC(NC(=O)/C=C/c1ccc(C#N)cc1)c1ncn[nH]1. The Morgan fingerprint density at radius 3 is 2.80 bits per heavy atom. The van der Waals surface area contributed by atoms with Gasteiger partial charge in [0.2, 0.25) is 5.91 Å². The summed E-state index contributed by atoms with van der Waals surface area (Å²) in [5.41, 5.74) is 1.44. The lowest BCUT2D eigenvalue weighted by Gasteiger charge is -2.08. The highest BCUT2D eigenvalue weighted by molar-refractivity contribution is 5.91. The number of aromatic amines is 1. The van der Waals surface area contributed by atoms with Gasteiger partial charge in [0.25, 0.3) is 0 Å². The van der Waals surface area contributed by atoms with E-state index >= 15 is 0 Å². The third-order valence-corrected chi connectivity index (χ3v) is 2.67. The van der Waals surface area contributed by atoms with E-state index in [4.69, 9.17) is 5.26 Å². The maximum atomic E-state index is 11.7. The van der Waals surface area contributed by atoms with E-state index < -0.39 is 0 Å². The smallest absolute Gasteiger partial charge is 0.244 e. The van der Waals surface area contributed by atoms with Crippen molar-refractivity contribution in [2.24, 2.45) is 0 Å². The molecule has 2 aromatic rings. The number of nitriles is 1. The van der Waals surface area contributed by atoms with Crippen LogP contribution in [0.5, 0.6) is 0 Å². The zero-order valence-corrected chi connectivity index (χ0v) is 10.9. The number of amides is 1. The predicted octanol–water partition coefficient (Wildman–Crippen LogP) is 1.57. The average molecular weight is 267 g/mol. The number of carbonyl (C=O) groups excluding carboxylic acids is 1. The molecule has 0 saturated carbocycles. The van der Waals surface area contributed by atoms with Gasteiger partial charge >= 0.3 is 0 Å². The molecule has 1 aromatic heterocycles. The van der Waals surface area contributed by atoms with E-state index in [0.717, 1.165) is 5.56 Å². The van der Waals surface area contributed by atoms with Crippen LogP contribution in [0.4, 0.5) is 0 Å². The van der Waals surface area contributed by atoms with Crippen LogP contribution in [0, 0.1) is 11.3 Å². The summed E-state index contributed by atoms with van der Waals surface area (Å²) in [6, 6.07) is 8.77. The van der Waals surface area contributed by atoms with Gasteiger partial charge in [-0.2, -0.15) is 10.4 Å². The van der Waals surface area contributed by atoms with Gasteiger partial charge in [-0.3, -0.25) is 9.89 Å². The summed E-state index contributed by atoms with van der Waals surface area (Å²) in [5.74, 6) is 0.378. The number of hydrogen-bond donors (Lipinski definition) is 2. The molecule has 2 N–H and O–H groups in total. The summed E-state index contributed by atoms with van der Waals surface area (Å²) in [6.45, 7) is 1.81. The van der Waals surface area contributed by atoms with Crippen molar-refractivity contribution in [2.45, 2.75) is 13.0 Å². The Labute approximate surface area is 116 Å². The number of rotatable bonds is 4. The van der Waals surface area contributed by atoms with Crippen molar-refractivity contribution < 1.29 is 4.79 Å². The Bertz CT molecular complexity index is 637. The van der Waals surface area contributed by atoms with E-state index in [2.05, 4.69) is 20.5 Å². The number of nitrogens with zero attached hydrogens (tertiary/aromatic N) is 3. The molecular weight excluding hydrogens is 254 g/mol. The number of nitrogens with one attached hydrogen (secondary N) is 2. The van der Waals surface area contributed by atoms with Gasteiger partial charge in [-0.25, -0.2) is 4.98 Å². The molecule has 0 spiro atoms. The molecule has 100 valence electrons. The van der Waals surface area contributed by atoms with Crippen molar-refractivity contribution in [1.82, 2.24) is 20.5 Å². The summed E-state index contributed by atoms with van der Waals surface area (Å²) in [7, 11) is 0. The molecule has 1 atom stereocenters. The minimum Gasteiger partial charge on any atom is -0.343 e. The highest BCUT2D eigenvalue weighted by Gasteiger charge is 2.09. The summed E-state index contributed by atoms with van der Waals surface area (Å²) in [5, 5.41) is 17.9. The van der Waals surface area contributed by atoms with Crippen LogP contribution in [-0.4, -0.2) is 21.1 Å². The molecule has 1 unspecified atom stereocenters. The minimum atomic E-state index is -0.240. The highest BCUT2D eigenvalue weighted by Crippen LogP contribution is 2.06. The maximum absolute atomic E-state index is 11.7. The molecular formula is C14H13N5O. The first kappa shape index (κ1) is 13.5. The molecule has 0 fully saturated rings. The Morgan fingerprint density at radius 1 is 1.45 bits per heavy atom. The van der Waals surface area contributed by atoms with Crippen molar-refractivity contribution in [2.75, 3.05) is 0 Å².